The third-order valence-corrected chi connectivity index (χ3v) is 16.5. The number of carboxylic acid groups (broad SMARTS) is 1. The van der Waals surface area contributed by atoms with E-state index in [0.29, 0.717) is 48.4 Å². The molecule has 0 aliphatic heterocycles. The van der Waals surface area contributed by atoms with E-state index in [2.05, 4.69) is 64.1 Å². The Balaban J connectivity index is 1.24. The van der Waals surface area contributed by atoms with Gasteiger partial charge in [-0.3, -0.25) is 19.4 Å². The summed E-state index contributed by atoms with van der Waals surface area (Å²) in [6.07, 6.45) is 9.18. The summed E-state index contributed by atoms with van der Waals surface area (Å²) in [5.41, 5.74) is 7.61. The molecule has 11 nitrogen and oxygen atoms in total. The Bertz CT molecular complexity index is 2010. The Hall–Kier alpha value is -3.91. The van der Waals surface area contributed by atoms with Gasteiger partial charge in [-0.15, -0.1) is 10.2 Å². The maximum atomic E-state index is 14.4. The summed E-state index contributed by atoms with van der Waals surface area (Å²) in [6, 6.07) is 5.69. The van der Waals surface area contributed by atoms with Gasteiger partial charge >= 0.3 is 11.9 Å². The predicted octanol–water partition coefficient (Wildman–Crippen LogP) is 7.82. The van der Waals surface area contributed by atoms with Gasteiger partial charge in [0.1, 0.15) is 23.7 Å². The van der Waals surface area contributed by atoms with E-state index < -0.39 is 22.8 Å². The van der Waals surface area contributed by atoms with Gasteiger partial charge in [0.15, 0.2) is 11.6 Å². The first kappa shape index (κ1) is 40.3. The Morgan fingerprint density at radius 2 is 1.75 bits per heavy atom. The largest absolute Gasteiger partial charge is 0.481 e. The first-order valence-corrected chi connectivity index (χ1v) is 20.9. The number of ether oxygens (including phenoxy) is 1. The molecule has 0 amide bonds. The second-order valence-corrected chi connectivity index (χ2v) is 20.3. The SMILES string of the molecule is CC(C)C1=C2[C@H]3CC[C@@H]4[C@@]5(C)CC[C@H](OC(=O)CC(C)(C)C(=O)O)C(C)(C)[C@@H]5CC[C@@]4(C)[C@]3(C)CC[C@@]2(c2nnc(-c3ccc(C#N)cn3)n2CCN)CC1=O. The Kier molecular flexibility index (Phi) is 9.78. The molecule has 5 aliphatic carbocycles. The summed E-state index contributed by atoms with van der Waals surface area (Å²) in [6.45, 7) is 20.5. The van der Waals surface area contributed by atoms with Crippen LogP contribution < -0.4 is 5.73 Å². The number of hydrogen-bond acceptors (Lipinski definition) is 9. The lowest BCUT2D eigenvalue weighted by Gasteiger charge is -2.72. The second kappa shape index (κ2) is 13.6. The van der Waals surface area contributed by atoms with Crippen LogP contribution in [0.1, 0.15) is 138 Å². The van der Waals surface area contributed by atoms with E-state index in [0.717, 1.165) is 62.8 Å². The number of aromatic nitrogens is 4. The zero-order valence-corrected chi connectivity index (χ0v) is 35.0. The third-order valence-electron chi connectivity index (χ3n) is 16.5. The van der Waals surface area contributed by atoms with Gasteiger partial charge in [0, 0.05) is 31.1 Å². The first-order chi connectivity index (χ1) is 26.2. The summed E-state index contributed by atoms with van der Waals surface area (Å²) in [7, 11) is 0. The predicted molar refractivity (Wildman–Crippen MR) is 212 cm³/mol. The highest BCUT2D eigenvalue weighted by atomic mass is 16.5. The summed E-state index contributed by atoms with van der Waals surface area (Å²) >= 11 is 0. The van der Waals surface area contributed by atoms with E-state index in [1.54, 1.807) is 26.1 Å². The van der Waals surface area contributed by atoms with Gasteiger partial charge in [0.2, 0.25) is 0 Å². The normalized spacial score (nSPS) is 34.9. The molecule has 8 atom stereocenters. The van der Waals surface area contributed by atoms with Crippen LogP contribution in [0, 0.1) is 62.1 Å². The molecule has 0 radical (unpaired) electrons. The van der Waals surface area contributed by atoms with Crippen LogP contribution >= 0.6 is 0 Å². The van der Waals surface area contributed by atoms with Crippen molar-refractivity contribution >= 4 is 17.7 Å². The molecule has 2 heterocycles. The molecule has 0 bridgehead atoms. The number of Topliss-reactive ketones (excluding diaryl/α,β-unsaturated/α-hetero) is 1. The number of ketones is 1. The molecule has 11 heteroatoms. The monoisotopic (exact) mass is 766 g/mol. The van der Waals surface area contributed by atoms with Crippen LogP contribution in [0.25, 0.3) is 11.5 Å². The van der Waals surface area contributed by atoms with Gasteiger partial charge in [-0.05, 0) is 128 Å². The molecule has 302 valence electrons. The van der Waals surface area contributed by atoms with Gasteiger partial charge in [0.25, 0.3) is 0 Å². The number of rotatable bonds is 9. The van der Waals surface area contributed by atoms with Gasteiger partial charge in [-0.25, -0.2) is 0 Å². The van der Waals surface area contributed by atoms with Crippen molar-refractivity contribution in [1.29, 1.82) is 5.26 Å². The van der Waals surface area contributed by atoms with E-state index in [1.165, 1.54) is 5.57 Å². The van der Waals surface area contributed by atoms with E-state index in [9.17, 15) is 24.8 Å². The number of pyridine rings is 1. The third kappa shape index (κ3) is 5.73. The molecule has 4 saturated carbocycles. The molecular formula is C45H62N6O5. The zero-order valence-electron chi connectivity index (χ0n) is 35.0. The summed E-state index contributed by atoms with van der Waals surface area (Å²) < 4.78 is 8.29. The number of allylic oxidation sites excluding steroid dienone is 2. The average Bonchev–Trinajstić information content (AvgIpc) is 3.68. The number of carboxylic acids is 1. The van der Waals surface area contributed by atoms with Crippen LogP contribution in [0.5, 0.6) is 0 Å². The van der Waals surface area contributed by atoms with Crippen molar-refractivity contribution < 1.29 is 24.2 Å². The lowest BCUT2D eigenvalue weighted by Crippen LogP contribution is -2.66. The number of nitriles is 1. The molecule has 0 unspecified atom stereocenters. The molecule has 2 aromatic rings. The van der Waals surface area contributed by atoms with Gasteiger partial charge < -0.3 is 20.1 Å². The Morgan fingerprint density at radius 3 is 2.38 bits per heavy atom. The van der Waals surface area contributed by atoms with E-state index in [4.69, 9.17) is 20.7 Å². The first-order valence-electron chi connectivity index (χ1n) is 20.9. The van der Waals surface area contributed by atoms with E-state index >= 15 is 0 Å². The van der Waals surface area contributed by atoms with Crippen LogP contribution in [0.4, 0.5) is 0 Å². The van der Waals surface area contributed by atoms with Crippen molar-refractivity contribution in [2.45, 2.75) is 145 Å². The number of carbonyl (C=O) groups is 3. The highest BCUT2D eigenvalue weighted by Gasteiger charge is 2.71. The van der Waals surface area contributed by atoms with Crippen LogP contribution in [0.3, 0.4) is 0 Å². The molecule has 7 rings (SSSR count). The topological polar surface area (TPSA) is 174 Å². The molecule has 3 N–H and O–H groups in total. The van der Waals surface area contributed by atoms with Crippen molar-refractivity contribution in [3.63, 3.8) is 0 Å². The van der Waals surface area contributed by atoms with Gasteiger partial charge in [-0.1, -0.05) is 48.5 Å². The lowest BCUT2D eigenvalue weighted by molar-refractivity contribution is -0.232. The average molecular weight is 767 g/mol. The summed E-state index contributed by atoms with van der Waals surface area (Å²) in [4.78, 5) is 43.9. The fourth-order valence-corrected chi connectivity index (χ4v) is 13.5. The quantitative estimate of drug-likeness (QED) is 0.240. The summed E-state index contributed by atoms with van der Waals surface area (Å²) in [5, 5.41) is 28.7. The maximum Gasteiger partial charge on any atom is 0.309 e. The highest BCUT2D eigenvalue weighted by Crippen LogP contribution is 2.76. The molecule has 0 aromatic carbocycles. The molecule has 2 aromatic heterocycles. The fraction of sp³-hybridized carbons (Fsp3) is 0.711. The molecule has 56 heavy (non-hydrogen) atoms. The summed E-state index contributed by atoms with van der Waals surface area (Å²) in [5.74, 6) is 1.31. The zero-order chi connectivity index (χ0) is 40.8. The van der Waals surface area contributed by atoms with Crippen LogP contribution in [0.15, 0.2) is 29.5 Å². The lowest BCUT2D eigenvalue weighted by atomic mass is 9.33. The van der Waals surface area contributed by atoms with Crippen LogP contribution in [-0.2, 0) is 31.1 Å². The van der Waals surface area contributed by atoms with E-state index in [-0.39, 0.29) is 51.8 Å². The molecule has 0 spiro atoms. The fourth-order valence-electron chi connectivity index (χ4n) is 13.5. The van der Waals surface area contributed by atoms with Crippen molar-refractivity contribution in [3.05, 3.63) is 40.9 Å². The number of nitrogens with zero attached hydrogens (tertiary/aromatic N) is 5. The van der Waals surface area contributed by atoms with Gasteiger partial charge in [-0.2, -0.15) is 5.26 Å². The minimum absolute atomic E-state index is 0.0155. The number of hydrogen-bond donors (Lipinski definition) is 2. The smallest absolute Gasteiger partial charge is 0.309 e. The van der Waals surface area contributed by atoms with Crippen molar-refractivity contribution in [1.82, 2.24) is 19.7 Å². The number of nitrogens with two attached hydrogens (primary N) is 1. The number of aliphatic carboxylic acids is 1. The minimum Gasteiger partial charge on any atom is -0.481 e. The van der Waals surface area contributed by atoms with Crippen LogP contribution in [-0.4, -0.2) is 55.2 Å². The molecule has 0 saturated heterocycles. The molecule has 4 fully saturated rings. The van der Waals surface area contributed by atoms with E-state index in [1.807, 2.05) is 6.07 Å². The maximum absolute atomic E-state index is 14.4. The minimum atomic E-state index is -1.18. The molecular weight excluding hydrogens is 705 g/mol. The highest BCUT2D eigenvalue weighted by molar-refractivity contribution is 6.01. The number of carbonyl (C=O) groups excluding carboxylic acids is 2. The second-order valence-electron chi connectivity index (χ2n) is 20.3. The van der Waals surface area contributed by atoms with Crippen molar-refractivity contribution in [3.8, 4) is 17.6 Å². The van der Waals surface area contributed by atoms with Gasteiger partial charge in [0.05, 0.1) is 22.8 Å². The Labute approximate surface area is 332 Å². The van der Waals surface area contributed by atoms with Crippen molar-refractivity contribution in [2.24, 2.45) is 56.5 Å². The van der Waals surface area contributed by atoms with Crippen molar-refractivity contribution in [2.75, 3.05) is 6.54 Å². The number of esters is 1. The standard InChI is InChI=1S/C45H62N6O5/c1-26(2)35-30(52)22-45(38-50-49-37(51(38)21-20-46)29-12-10-27(24-47)25-48-29)19-18-43(8)28(36(35)45)11-13-32-42(7)16-15-33(56-34(53)23-40(3,4)39(54)55)41(5,6)31(42)14-17-44(32,43)9/h10,12,25-26,28,31-33H,11,13-23,46H2,1-9H3,(H,54,55)/t28-,31+,32-,33+,42+,43-,44-,45-/m1/s1. The molecule has 5 aliphatic rings. The van der Waals surface area contributed by atoms with Crippen LogP contribution in [0.2, 0.25) is 0 Å². The number of fused-ring (bicyclic) bond motifs is 7. The Morgan fingerprint density at radius 1 is 1.02 bits per heavy atom.